The van der Waals surface area contributed by atoms with Crippen molar-refractivity contribution in [1.82, 2.24) is 4.90 Å². The van der Waals surface area contributed by atoms with Gasteiger partial charge in [0.1, 0.15) is 12.3 Å². The first-order valence-electron chi connectivity index (χ1n) is 8.71. The third-order valence-corrected chi connectivity index (χ3v) is 5.21. The number of ether oxygens (including phenoxy) is 1. The van der Waals surface area contributed by atoms with Crippen LogP contribution in [0.5, 0.6) is 5.75 Å². The summed E-state index contributed by atoms with van der Waals surface area (Å²) in [7, 11) is -2.00. The average molecular weight is 391 g/mol. The Labute approximate surface area is 161 Å². The summed E-state index contributed by atoms with van der Waals surface area (Å²) in [5.41, 5.74) is 2.49. The van der Waals surface area contributed by atoms with Crippen molar-refractivity contribution in [2.45, 2.75) is 20.4 Å². The van der Waals surface area contributed by atoms with E-state index in [4.69, 9.17) is 4.74 Å². The lowest BCUT2D eigenvalue weighted by atomic mass is 10.1. The van der Waals surface area contributed by atoms with Crippen LogP contribution in [0.4, 0.5) is 5.69 Å². The Morgan fingerprint density at radius 2 is 1.70 bits per heavy atom. The number of amides is 1. The van der Waals surface area contributed by atoms with Crippen LogP contribution in [0.3, 0.4) is 0 Å². The average Bonchev–Trinajstić information content (AvgIpc) is 2.61. The van der Waals surface area contributed by atoms with Crippen molar-refractivity contribution < 1.29 is 17.9 Å². The Bertz CT molecular complexity index is 879. The molecule has 0 aliphatic carbocycles. The van der Waals surface area contributed by atoms with E-state index in [-0.39, 0.29) is 12.5 Å². The van der Waals surface area contributed by atoms with Gasteiger partial charge in [-0.15, -0.1) is 0 Å². The number of para-hydroxylation sites is 2. The standard InChI is InChI=1S/C20H26N2O4S/c1-5-26-19-9-7-6-8-18(19)22(27(4,24)25)15-20(23)21(3)14-17-12-10-16(2)11-13-17/h6-13H,5,14-15H2,1-4H3. The number of anilines is 1. The molecule has 0 heterocycles. The zero-order valence-corrected chi connectivity index (χ0v) is 17.0. The number of benzene rings is 2. The van der Waals surface area contributed by atoms with Crippen LogP contribution >= 0.6 is 0 Å². The van der Waals surface area contributed by atoms with Gasteiger partial charge in [0.15, 0.2) is 0 Å². The Hall–Kier alpha value is -2.54. The molecule has 0 aliphatic rings. The maximum atomic E-state index is 12.7. The molecule has 2 aromatic carbocycles. The lowest BCUT2D eigenvalue weighted by Gasteiger charge is -2.26. The molecule has 2 aromatic rings. The van der Waals surface area contributed by atoms with Gasteiger partial charge in [-0.05, 0) is 31.5 Å². The second-order valence-corrected chi connectivity index (χ2v) is 8.31. The summed E-state index contributed by atoms with van der Waals surface area (Å²) in [5.74, 6) is 0.131. The van der Waals surface area contributed by atoms with Crippen LogP contribution in [0, 0.1) is 6.92 Å². The Balaban J connectivity index is 2.21. The van der Waals surface area contributed by atoms with Gasteiger partial charge in [-0.1, -0.05) is 42.0 Å². The van der Waals surface area contributed by atoms with Crippen molar-refractivity contribution in [2.24, 2.45) is 0 Å². The fourth-order valence-electron chi connectivity index (χ4n) is 2.62. The number of aryl methyl sites for hydroxylation is 1. The van der Waals surface area contributed by atoms with E-state index in [1.54, 1.807) is 31.3 Å². The molecular weight excluding hydrogens is 364 g/mol. The molecule has 27 heavy (non-hydrogen) atoms. The molecule has 0 saturated heterocycles. The van der Waals surface area contributed by atoms with Gasteiger partial charge in [0.25, 0.3) is 0 Å². The van der Waals surface area contributed by atoms with Crippen molar-refractivity contribution in [2.75, 3.05) is 30.8 Å². The number of rotatable bonds is 8. The number of likely N-dealkylation sites (N-methyl/N-ethyl adjacent to an activating group) is 1. The van der Waals surface area contributed by atoms with Gasteiger partial charge in [-0.25, -0.2) is 8.42 Å². The van der Waals surface area contributed by atoms with Gasteiger partial charge >= 0.3 is 0 Å². The largest absolute Gasteiger partial charge is 0.492 e. The number of carbonyl (C=O) groups excluding carboxylic acids is 1. The summed E-state index contributed by atoms with van der Waals surface area (Å²) in [4.78, 5) is 14.2. The lowest BCUT2D eigenvalue weighted by Crippen LogP contribution is -2.41. The highest BCUT2D eigenvalue weighted by atomic mass is 32.2. The van der Waals surface area contributed by atoms with Crippen LogP contribution in [-0.4, -0.2) is 45.7 Å². The Morgan fingerprint density at radius 1 is 1.07 bits per heavy atom. The van der Waals surface area contributed by atoms with Crippen LogP contribution in [0.25, 0.3) is 0 Å². The first-order chi connectivity index (χ1) is 12.7. The van der Waals surface area contributed by atoms with Gasteiger partial charge in [-0.3, -0.25) is 9.10 Å². The molecule has 0 saturated carbocycles. The van der Waals surface area contributed by atoms with E-state index in [0.717, 1.165) is 21.7 Å². The van der Waals surface area contributed by atoms with E-state index in [9.17, 15) is 13.2 Å². The first kappa shape index (κ1) is 20.8. The van der Waals surface area contributed by atoms with Crippen LogP contribution in [-0.2, 0) is 21.4 Å². The van der Waals surface area contributed by atoms with E-state index < -0.39 is 10.0 Å². The van der Waals surface area contributed by atoms with E-state index in [0.29, 0.717) is 24.6 Å². The molecule has 7 heteroatoms. The minimum atomic E-state index is -3.66. The number of sulfonamides is 1. The predicted molar refractivity (Wildman–Crippen MR) is 107 cm³/mol. The van der Waals surface area contributed by atoms with Crippen LogP contribution in [0.1, 0.15) is 18.1 Å². The third-order valence-electron chi connectivity index (χ3n) is 4.08. The fraction of sp³-hybridized carbons (Fsp3) is 0.350. The van der Waals surface area contributed by atoms with Gasteiger partial charge in [0, 0.05) is 13.6 Å². The van der Waals surface area contributed by atoms with Gasteiger partial charge in [0.2, 0.25) is 15.9 Å². The molecular formula is C20H26N2O4S. The van der Waals surface area contributed by atoms with E-state index in [2.05, 4.69) is 0 Å². The highest BCUT2D eigenvalue weighted by molar-refractivity contribution is 7.92. The molecule has 0 aromatic heterocycles. The quantitative estimate of drug-likeness (QED) is 0.695. The maximum absolute atomic E-state index is 12.7. The topological polar surface area (TPSA) is 66.9 Å². The number of nitrogens with zero attached hydrogens (tertiary/aromatic N) is 2. The van der Waals surface area contributed by atoms with Crippen LogP contribution in [0.15, 0.2) is 48.5 Å². The minimum Gasteiger partial charge on any atom is -0.492 e. The second kappa shape index (κ2) is 8.90. The number of hydrogen-bond acceptors (Lipinski definition) is 4. The SMILES string of the molecule is CCOc1ccccc1N(CC(=O)N(C)Cc1ccc(C)cc1)S(C)(=O)=O. The van der Waals surface area contributed by atoms with Crippen molar-refractivity contribution >= 4 is 21.6 Å². The monoisotopic (exact) mass is 390 g/mol. The summed E-state index contributed by atoms with van der Waals surface area (Å²) < 4.78 is 31.3. The number of carbonyl (C=O) groups is 1. The summed E-state index contributed by atoms with van der Waals surface area (Å²) >= 11 is 0. The molecule has 0 bridgehead atoms. The van der Waals surface area contributed by atoms with Crippen molar-refractivity contribution in [3.63, 3.8) is 0 Å². The molecule has 0 aliphatic heterocycles. The Morgan fingerprint density at radius 3 is 2.30 bits per heavy atom. The zero-order valence-electron chi connectivity index (χ0n) is 16.2. The summed E-state index contributed by atoms with van der Waals surface area (Å²) in [6, 6.07) is 14.7. The molecule has 0 fully saturated rings. The molecule has 0 N–H and O–H groups in total. The summed E-state index contributed by atoms with van der Waals surface area (Å²) in [6.07, 6.45) is 1.09. The summed E-state index contributed by atoms with van der Waals surface area (Å²) in [6.45, 7) is 4.34. The van der Waals surface area contributed by atoms with E-state index in [1.165, 1.54) is 4.90 Å². The van der Waals surface area contributed by atoms with Crippen molar-refractivity contribution in [1.29, 1.82) is 0 Å². The van der Waals surface area contributed by atoms with Gasteiger partial charge in [0.05, 0.1) is 18.6 Å². The molecule has 0 radical (unpaired) electrons. The Kier molecular flexibility index (Phi) is 6.85. The molecule has 2 rings (SSSR count). The highest BCUT2D eigenvalue weighted by Gasteiger charge is 2.25. The van der Waals surface area contributed by atoms with Crippen LogP contribution < -0.4 is 9.04 Å². The smallest absolute Gasteiger partial charge is 0.243 e. The normalized spacial score (nSPS) is 11.1. The van der Waals surface area contributed by atoms with Crippen molar-refractivity contribution in [3.8, 4) is 5.75 Å². The molecule has 0 unspecified atom stereocenters. The second-order valence-electron chi connectivity index (χ2n) is 6.41. The zero-order chi connectivity index (χ0) is 20.0. The molecule has 0 atom stereocenters. The first-order valence-corrected chi connectivity index (χ1v) is 10.6. The molecule has 1 amide bonds. The van der Waals surface area contributed by atoms with E-state index in [1.807, 2.05) is 38.1 Å². The maximum Gasteiger partial charge on any atom is 0.243 e. The highest BCUT2D eigenvalue weighted by Crippen LogP contribution is 2.29. The molecule has 146 valence electrons. The third kappa shape index (κ3) is 5.72. The van der Waals surface area contributed by atoms with Crippen molar-refractivity contribution in [3.05, 3.63) is 59.7 Å². The fourth-order valence-corrected chi connectivity index (χ4v) is 3.47. The molecule has 0 spiro atoms. The summed E-state index contributed by atoms with van der Waals surface area (Å²) in [5, 5.41) is 0. The van der Waals surface area contributed by atoms with Gasteiger partial charge in [-0.2, -0.15) is 0 Å². The lowest BCUT2D eigenvalue weighted by molar-refractivity contribution is -0.128. The predicted octanol–water partition coefficient (Wildman–Crippen LogP) is 2.82. The van der Waals surface area contributed by atoms with Crippen LogP contribution in [0.2, 0.25) is 0 Å². The minimum absolute atomic E-state index is 0.286. The number of hydrogen-bond donors (Lipinski definition) is 0. The van der Waals surface area contributed by atoms with E-state index >= 15 is 0 Å². The van der Waals surface area contributed by atoms with Gasteiger partial charge < -0.3 is 9.64 Å². The molecule has 6 nitrogen and oxygen atoms in total.